The standard InChI is InChI=1S/C19H20N6O2S/c1-25-9-8-20-19(25)28-15-6-4-13(5-7-15)22-17(26)18(27)23-14-3-2-12-11-21-24-16(12)10-14/h4-9,11,14H,2-3,10H2,1H3,(H,21,24)(H,22,26)(H,23,27)/t14-/m0/s1. The van der Waals surface area contributed by atoms with Crippen LogP contribution in [0.25, 0.3) is 0 Å². The Kier molecular flexibility index (Phi) is 5.16. The first-order chi connectivity index (χ1) is 13.6. The maximum absolute atomic E-state index is 12.2. The van der Waals surface area contributed by atoms with Crippen molar-refractivity contribution in [3.8, 4) is 0 Å². The van der Waals surface area contributed by atoms with Gasteiger partial charge in [-0.05, 0) is 42.7 Å². The molecule has 1 aliphatic carbocycles. The second-order valence-corrected chi connectivity index (χ2v) is 7.73. The average molecular weight is 396 g/mol. The molecule has 4 rings (SSSR count). The Hall–Kier alpha value is -3.07. The van der Waals surface area contributed by atoms with Crippen LogP contribution in [0.1, 0.15) is 17.7 Å². The number of amides is 2. The first-order valence-corrected chi connectivity index (χ1v) is 9.78. The topological polar surface area (TPSA) is 105 Å². The smallest absolute Gasteiger partial charge is 0.313 e. The molecule has 28 heavy (non-hydrogen) atoms. The van der Waals surface area contributed by atoms with Crippen molar-refractivity contribution >= 4 is 29.3 Å². The van der Waals surface area contributed by atoms with E-state index in [1.165, 1.54) is 17.3 Å². The Morgan fingerprint density at radius 3 is 2.82 bits per heavy atom. The van der Waals surface area contributed by atoms with Crippen LogP contribution in [0, 0.1) is 0 Å². The summed E-state index contributed by atoms with van der Waals surface area (Å²) in [6.07, 6.45) is 7.74. The molecule has 0 bridgehead atoms. The first-order valence-electron chi connectivity index (χ1n) is 8.96. The Morgan fingerprint density at radius 2 is 2.07 bits per heavy atom. The monoisotopic (exact) mass is 396 g/mol. The first kappa shape index (κ1) is 18.3. The van der Waals surface area contributed by atoms with Crippen LogP contribution in [0.3, 0.4) is 0 Å². The number of anilines is 1. The molecule has 0 aliphatic heterocycles. The lowest BCUT2D eigenvalue weighted by Crippen LogP contribution is -2.44. The van der Waals surface area contributed by atoms with Gasteiger partial charge >= 0.3 is 11.8 Å². The van der Waals surface area contributed by atoms with Gasteiger partial charge in [0.2, 0.25) is 0 Å². The summed E-state index contributed by atoms with van der Waals surface area (Å²) in [4.78, 5) is 29.7. The summed E-state index contributed by atoms with van der Waals surface area (Å²) in [7, 11) is 1.93. The third-order valence-corrected chi connectivity index (χ3v) is 5.74. The van der Waals surface area contributed by atoms with Crippen molar-refractivity contribution in [3.63, 3.8) is 0 Å². The van der Waals surface area contributed by atoms with Crippen molar-refractivity contribution < 1.29 is 9.59 Å². The van der Waals surface area contributed by atoms with E-state index in [1.807, 2.05) is 36.1 Å². The van der Waals surface area contributed by atoms with Gasteiger partial charge in [0.05, 0.1) is 6.20 Å². The molecule has 3 N–H and O–H groups in total. The summed E-state index contributed by atoms with van der Waals surface area (Å²) in [5.41, 5.74) is 2.78. The third-order valence-electron chi connectivity index (χ3n) is 4.66. The number of hydrogen-bond donors (Lipinski definition) is 3. The molecule has 0 unspecified atom stereocenters. The molecule has 0 saturated carbocycles. The average Bonchev–Trinajstić information content (AvgIpc) is 3.32. The highest BCUT2D eigenvalue weighted by Crippen LogP contribution is 2.26. The minimum Gasteiger partial charge on any atom is -0.345 e. The molecule has 2 heterocycles. The molecule has 9 heteroatoms. The zero-order chi connectivity index (χ0) is 19.5. The van der Waals surface area contributed by atoms with Gasteiger partial charge in [0.15, 0.2) is 5.16 Å². The zero-order valence-electron chi connectivity index (χ0n) is 15.3. The van der Waals surface area contributed by atoms with Crippen molar-refractivity contribution in [2.24, 2.45) is 7.05 Å². The number of nitrogens with zero attached hydrogens (tertiary/aromatic N) is 3. The van der Waals surface area contributed by atoms with E-state index in [0.29, 0.717) is 12.1 Å². The van der Waals surface area contributed by atoms with Gasteiger partial charge in [-0.1, -0.05) is 11.8 Å². The van der Waals surface area contributed by atoms with E-state index in [1.54, 1.807) is 18.3 Å². The number of nitrogens with one attached hydrogen (secondary N) is 3. The van der Waals surface area contributed by atoms with Crippen LogP contribution in [0.2, 0.25) is 0 Å². The lowest BCUT2D eigenvalue weighted by Gasteiger charge is -2.22. The molecule has 1 aliphatic rings. The van der Waals surface area contributed by atoms with E-state index in [9.17, 15) is 9.59 Å². The van der Waals surface area contributed by atoms with Crippen molar-refractivity contribution in [1.82, 2.24) is 25.1 Å². The number of aromatic amines is 1. The second-order valence-electron chi connectivity index (χ2n) is 6.69. The molecule has 1 atom stereocenters. The van der Waals surface area contributed by atoms with Gasteiger partial charge in [-0.3, -0.25) is 14.7 Å². The molecular weight excluding hydrogens is 376 g/mol. The fourth-order valence-corrected chi connectivity index (χ4v) is 3.93. The number of aryl methyl sites for hydroxylation is 2. The van der Waals surface area contributed by atoms with Gasteiger partial charge < -0.3 is 15.2 Å². The molecule has 0 fully saturated rings. The van der Waals surface area contributed by atoms with Crippen LogP contribution in [-0.4, -0.2) is 37.6 Å². The SMILES string of the molecule is Cn1ccnc1Sc1ccc(NC(=O)C(=O)N[C@H]2CCc3cn[nH]c3C2)cc1. The van der Waals surface area contributed by atoms with Crippen LogP contribution >= 0.6 is 11.8 Å². The van der Waals surface area contributed by atoms with Gasteiger partial charge in [-0.25, -0.2) is 4.98 Å². The van der Waals surface area contributed by atoms with E-state index < -0.39 is 11.8 Å². The summed E-state index contributed by atoms with van der Waals surface area (Å²) in [6.45, 7) is 0. The number of imidazole rings is 1. The van der Waals surface area contributed by atoms with Gasteiger partial charge in [0, 0.05) is 48.2 Å². The fourth-order valence-electron chi connectivity index (χ4n) is 3.13. The Bertz CT molecular complexity index is 994. The minimum absolute atomic E-state index is 0.0669. The number of carbonyl (C=O) groups excluding carboxylic acids is 2. The third kappa shape index (κ3) is 4.09. The van der Waals surface area contributed by atoms with E-state index >= 15 is 0 Å². The lowest BCUT2D eigenvalue weighted by atomic mass is 9.94. The number of rotatable bonds is 4. The number of benzene rings is 1. The second kappa shape index (κ2) is 7.89. The molecule has 3 aromatic rings. The Morgan fingerprint density at radius 1 is 1.25 bits per heavy atom. The molecule has 8 nitrogen and oxygen atoms in total. The minimum atomic E-state index is -0.667. The number of H-pyrrole nitrogens is 1. The van der Waals surface area contributed by atoms with Gasteiger partial charge in [0.25, 0.3) is 0 Å². The van der Waals surface area contributed by atoms with Crippen LogP contribution in [-0.2, 0) is 29.5 Å². The van der Waals surface area contributed by atoms with Crippen LogP contribution < -0.4 is 10.6 Å². The van der Waals surface area contributed by atoms with Crippen LogP contribution in [0.5, 0.6) is 0 Å². The number of carbonyl (C=O) groups is 2. The van der Waals surface area contributed by atoms with E-state index in [-0.39, 0.29) is 6.04 Å². The molecule has 1 aromatic carbocycles. The van der Waals surface area contributed by atoms with Crippen molar-refractivity contribution in [1.29, 1.82) is 0 Å². The molecule has 2 amide bonds. The highest BCUT2D eigenvalue weighted by Gasteiger charge is 2.24. The maximum atomic E-state index is 12.2. The van der Waals surface area contributed by atoms with E-state index in [0.717, 1.165) is 28.6 Å². The maximum Gasteiger partial charge on any atom is 0.313 e. The van der Waals surface area contributed by atoms with Crippen LogP contribution in [0.15, 0.2) is 52.9 Å². The lowest BCUT2D eigenvalue weighted by molar-refractivity contribution is -0.136. The Balaban J connectivity index is 1.30. The molecule has 0 spiro atoms. The highest BCUT2D eigenvalue weighted by atomic mass is 32.2. The van der Waals surface area contributed by atoms with Gasteiger partial charge in [0.1, 0.15) is 0 Å². The fraction of sp³-hybridized carbons (Fsp3) is 0.263. The predicted molar refractivity (Wildman–Crippen MR) is 105 cm³/mol. The normalized spacial score (nSPS) is 15.7. The van der Waals surface area contributed by atoms with Gasteiger partial charge in [-0.15, -0.1) is 0 Å². The molecular formula is C19H20N6O2S. The van der Waals surface area contributed by atoms with Gasteiger partial charge in [-0.2, -0.15) is 5.10 Å². The predicted octanol–water partition coefficient (Wildman–Crippen LogP) is 1.91. The largest absolute Gasteiger partial charge is 0.345 e. The summed E-state index contributed by atoms with van der Waals surface area (Å²) in [5, 5.41) is 13.3. The number of hydrogen-bond acceptors (Lipinski definition) is 5. The molecule has 144 valence electrons. The molecule has 0 radical (unpaired) electrons. The summed E-state index contributed by atoms with van der Waals surface area (Å²) in [6, 6.07) is 7.24. The Labute approximate surface area is 166 Å². The quantitative estimate of drug-likeness (QED) is 0.585. The van der Waals surface area contributed by atoms with Crippen molar-refractivity contribution in [2.75, 3.05) is 5.32 Å². The highest BCUT2D eigenvalue weighted by molar-refractivity contribution is 7.99. The molecule has 2 aromatic heterocycles. The number of fused-ring (bicyclic) bond motifs is 1. The van der Waals surface area contributed by atoms with Crippen molar-refractivity contribution in [3.05, 3.63) is 54.1 Å². The van der Waals surface area contributed by atoms with E-state index in [2.05, 4.69) is 25.8 Å². The summed E-state index contributed by atoms with van der Waals surface area (Å²) < 4.78 is 1.93. The summed E-state index contributed by atoms with van der Waals surface area (Å²) >= 11 is 1.53. The van der Waals surface area contributed by atoms with Crippen LogP contribution in [0.4, 0.5) is 5.69 Å². The van der Waals surface area contributed by atoms with Crippen molar-refractivity contribution in [2.45, 2.75) is 35.4 Å². The molecule has 0 saturated heterocycles. The summed E-state index contributed by atoms with van der Waals surface area (Å²) in [5.74, 6) is -1.29. The zero-order valence-corrected chi connectivity index (χ0v) is 16.1. The van der Waals surface area contributed by atoms with E-state index in [4.69, 9.17) is 0 Å². The number of aromatic nitrogens is 4.